The molecule has 0 amide bonds. The molecule has 2 fully saturated rings. The highest BCUT2D eigenvalue weighted by Crippen LogP contribution is 2.45. The monoisotopic (exact) mass is 188 g/mol. The summed E-state index contributed by atoms with van der Waals surface area (Å²) in [6, 6.07) is 4.83. The summed E-state index contributed by atoms with van der Waals surface area (Å²) in [5, 5.41) is 3.61. The molecule has 1 heterocycles. The van der Waals surface area contributed by atoms with Gasteiger partial charge < -0.3 is 5.32 Å². The van der Waals surface area contributed by atoms with Crippen LogP contribution >= 0.6 is 0 Å². The van der Waals surface area contributed by atoms with Gasteiger partial charge in [-0.05, 0) is 43.2 Å². The van der Waals surface area contributed by atoms with Crippen LogP contribution in [0.15, 0.2) is 24.5 Å². The predicted molar refractivity (Wildman–Crippen MR) is 57.1 cm³/mol. The van der Waals surface area contributed by atoms with Gasteiger partial charge in [0.15, 0.2) is 0 Å². The van der Waals surface area contributed by atoms with Crippen LogP contribution in [0, 0.1) is 11.8 Å². The predicted octanol–water partition coefficient (Wildman–Crippen LogP) is 2.68. The van der Waals surface area contributed by atoms with Crippen molar-refractivity contribution in [3.8, 4) is 0 Å². The first-order valence-corrected chi connectivity index (χ1v) is 5.58. The molecule has 0 aliphatic heterocycles. The molecule has 0 unspecified atom stereocenters. The molecule has 1 aromatic heterocycles. The molecule has 14 heavy (non-hydrogen) atoms. The topological polar surface area (TPSA) is 24.9 Å². The van der Waals surface area contributed by atoms with Crippen molar-refractivity contribution in [2.45, 2.75) is 31.7 Å². The minimum Gasteiger partial charge on any atom is -0.381 e. The summed E-state index contributed by atoms with van der Waals surface area (Å²) in [5.74, 6) is 1.94. The largest absolute Gasteiger partial charge is 0.381 e. The average Bonchev–Trinajstić information content (AvgIpc) is 2.81. The number of nitrogens with zero attached hydrogens (tertiary/aromatic N) is 1. The van der Waals surface area contributed by atoms with Crippen LogP contribution in [-0.4, -0.2) is 11.0 Å². The Kier molecular flexibility index (Phi) is 1.93. The van der Waals surface area contributed by atoms with E-state index in [1.807, 2.05) is 18.5 Å². The van der Waals surface area contributed by atoms with Gasteiger partial charge in [0.05, 0.1) is 5.69 Å². The minimum atomic E-state index is 0.720. The van der Waals surface area contributed by atoms with E-state index in [0.29, 0.717) is 0 Å². The summed E-state index contributed by atoms with van der Waals surface area (Å²) in [6.45, 7) is 0. The molecular formula is C12H16N2. The fourth-order valence-electron chi connectivity index (χ4n) is 3.08. The fourth-order valence-corrected chi connectivity index (χ4v) is 3.08. The number of rotatable bonds is 2. The molecule has 74 valence electrons. The van der Waals surface area contributed by atoms with E-state index in [9.17, 15) is 0 Å². The molecule has 3 rings (SSSR count). The molecule has 0 aromatic carbocycles. The third-order valence-corrected chi connectivity index (χ3v) is 3.75. The quantitative estimate of drug-likeness (QED) is 0.771. The highest BCUT2D eigenvalue weighted by atomic mass is 15.0. The lowest BCUT2D eigenvalue weighted by molar-refractivity contribution is 0.439. The van der Waals surface area contributed by atoms with Gasteiger partial charge in [-0.2, -0.15) is 0 Å². The third-order valence-electron chi connectivity index (χ3n) is 3.75. The fraction of sp³-hybridized carbons (Fsp3) is 0.583. The van der Waals surface area contributed by atoms with Crippen LogP contribution in [0.3, 0.4) is 0 Å². The number of anilines is 1. The second-order valence-corrected chi connectivity index (χ2v) is 4.67. The second kappa shape index (κ2) is 3.26. The lowest BCUT2D eigenvalue weighted by atomic mass is 9.95. The van der Waals surface area contributed by atoms with E-state index in [4.69, 9.17) is 0 Å². The van der Waals surface area contributed by atoms with E-state index in [0.717, 1.165) is 17.9 Å². The average molecular weight is 188 g/mol. The van der Waals surface area contributed by atoms with E-state index in [2.05, 4.69) is 16.4 Å². The highest BCUT2D eigenvalue weighted by Gasteiger charge is 2.39. The van der Waals surface area contributed by atoms with Crippen molar-refractivity contribution in [1.29, 1.82) is 0 Å². The Morgan fingerprint density at radius 2 is 2.29 bits per heavy atom. The van der Waals surface area contributed by atoms with Crippen LogP contribution in [0.1, 0.15) is 25.7 Å². The molecule has 3 atom stereocenters. The molecule has 0 saturated heterocycles. The van der Waals surface area contributed by atoms with Crippen LogP contribution < -0.4 is 5.32 Å². The van der Waals surface area contributed by atoms with Gasteiger partial charge in [-0.25, -0.2) is 0 Å². The van der Waals surface area contributed by atoms with Crippen molar-refractivity contribution in [3.05, 3.63) is 24.5 Å². The van der Waals surface area contributed by atoms with Gasteiger partial charge in [0.1, 0.15) is 0 Å². The van der Waals surface area contributed by atoms with Gasteiger partial charge in [0.25, 0.3) is 0 Å². The summed E-state index contributed by atoms with van der Waals surface area (Å²) in [4.78, 5) is 4.13. The molecule has 2 nitrogen and oxygen atoms in total. The van der Waals surface area contributed by atoms with Gasteiger partial charge in [0, 0.05) is 18.4 Å². The number of hydrogen-bond acceptors (Lipinski definition) is 2. The maximum Gasteiger partial charge on any atom is 0.0528 e. The molecule has 2 saturated carbocycles. The maximum absolute atomic E-state index is 4.13. The summed E-state index contributed by atoms with van der Waals surface area (Å²) < 4.78 is 0. The van der Waals surface area contributed by atoms with Gasteiger partial charge in [0.2, 0.25) is 0 Å². The smallest absolute Gasteiger partial charge is 0.0528 e. The molecule has 0 spiro atoms. The van der Waals surface area contributed by atoms with E-state index in [1.54, 1.807) is 0 Å². The first-order valence-electron chi connectivity index (χ1n) is 5.58. The lowest BCUT2D eigenvalue weighted by Crippen LogP contribution is -2.25. The van der Waals surface area contributed by atoms with Crippen molar-refractivity contribution in [2.75, 3.05) is 5.32 Å². The van der Waals surface area contributed by atoms with Crippen LogP contribution in [0.25, 0.3) is 0 Å². The zero-order chi connectivity index (χ0) is 9.38. The normalized spacial score (nSPS) is 34.7. The summed E-state index contributed by atoms with van der Waals surface area (Å²) in [6.07, 6.45) is 9.48. The third kappa shape index (κ3) is 1.39. The molecule has 1 aromatic rings. The van der Waals surface area contributed by atoms with Crippen LogP contribution in [0.5, 0.6) is 0 Å². The Bertz CT molecular complexity index is 309. The molecule has 2 aliphatic carbocycles. The molecular weight excluding hydrogens is 172 g/mol. The van der Waals surface area contributed by atoms with Crippen LogP contribution in [0.2, 0.25) is 0 Å². The number of pyridine rings is 1. The van der Waals surface area contributed by atoms with E-state index < -0.39 is 0 Å². The Hall–Kier alpha value is -1.05. The van der Waals surface area contributed by atoms with Gasteiger partial charge in [-0.15, -0.1) is 0 Å². The highest BCUT2D eigenvalue weighted by molar-refractivity contribution is 5.41. The number of aromatic nitrogens is 1. The van der Waals surface area contributed by atoms with Crippen molar-refractivity contribution in [3.63, 3.8) is 0 Å². The second-order valence-electron chi connectivity index (χ2n) is 4.67. The van der Waals surface area contributed by atoms with Crippen molar-refractivity contribution < 1.29 is 0 Å². The number of hydrogen-bond donors (Lipinski definition) is 1. The Morgan fingerprint density at radius 1 is 1.29 bits per heavy atom. The van der Waals surface area contributed by atoms with Gasteiger partial charge in [-0.1, -0.05) is 6.42 Å². The van der Waals surface area contributed by atoms with E-state index in [1.165, 1.54) is 31.4 Å². The Labute approximate surface area is 84.7 Å². The maximum atomic E-state index is 4.13. The summed E-state index contributed by atoms with van der Waals surface area (Å²) in [7, 11) is 0. The van der Waals surface area contributed by atoms with Gasteiger partial charge in [-0.3, -0.25) is 4.98 Å². The summed E-state index contributed by atoms with van der Waals surface area (Å²) in [5.41, 5.74) is 1.19. The van der Waals surface area contributed by atoms with Crippen molar-refractivity contribution in [2.24, 2.45) is 11.8 Å². The zero-order valence-corrected chi connectivity index (χ0v) is 8.32. The summed E-state index contributed by atoms with van der Waals surface area (Å²) >= 11 is 0. The number of fused-ring (bicyclic) bond motifs is 2. The first kappa shape index (κ1) is 8.27. The van der Waals surface area contributed by atoms with E-state index in [-0.39, 0.29) is 0 Å². The first-order chi connectivity index (χ1) is 6.92. The standard InChI is InChI=1S/C12H16N2/c1-2-11(8-13-5-1)14-12-7-9-3-4-10(12)6-9/h1-2,5,8-10,12,14H,3-4,6-7H2/t9-,10-,12+/m1/s1. The van der Waals surface area contributed by atoms with Gasteiger partial charge >= 0.3 is 0 Å². The Balaban J connectivity index is 1.69. The molecule has 2 aliphatic rings. The molecule has 1 N–H and O–H groups in total. The number of nitrogens with one attached hydrogen (secondary N) is 1. The van der Waals surface area contributed by atoms with Crippen molar-refractivity contribution in [1.82, 2.24) is 4.98 Å². The zero-order valence-electron chi connectivity index (χ0n) is 8.32. The molecule has 0 radical (unpaired) electrons. The SMILES string of the molecule is c1cncc(N[C@H]2C[C@@H]3CC[C@@H]2C3)c1. The van der Waals surface area contributed by atoms with Crippen LogP contribution in [-0.2, 0) is 0 Å². The van der Waals surface area contributed by atoms with E-state index >= 15 is 0 Å². The molecule has 2 heteroatoms. The van der Waals surface area contributed by atoms with Crippen molar-refractivity contribution >= 4 is 5.69 Å². The van der Waals surface area contributed by atoms with Crippen LogP contribution in [0.4, 0.5) is 5.69 Å². The minimum absolute atomic E-state index is 0.720. The molecule has 2 bridgehead atoms. The lowest BCUT2D eigenvalue weighted by Gasteiger charge is -2.23. The Morgan fingerprint density at radius 3 is 2.93 bits per heavy atom.